The normalized spacial score (nSPS) is 28.5. The van der Waals surface area contributed by atoms with Gasteiger partial charge in [-0.25, -0.2) is 0 Å². The summed E-state index contributed by atoms with van der Waals surface area (Å²) in [7, 11) is -7.96. The van der Waals surface area contributed by atoms with E-state index in [2.05, 4.69) is 135 Å². The molecule has 0 radical (unpaired) electrons. The zero-order chi connectivity index (χ0) is 41.8. The highest BCUT2D eigenvalue weighted by Gasteiger charge is 2.49. The minimum Gasteiger partial charge on any atom is -0.411 e. The van der Waals surface area contributed by atoms with E-state index in [1.54, 1.807) is 0 Å². The fraction of sp³-hybridized carbons (Fsp3) is 0.975. The third-order valence-electron chi connectivity index (χ3n) is 13.3. The summed E-state index contributed by atoms with van der Waals surface area (Å²) < 4.78 is 30.6. The Hall–Kier alpha value is 0.218. The van der Waals surface area contributed by atoms with Gasteiger partial charge < -0.3 is 37.8 Å². The van der Waals surface area contributed by atoms with E-state index in [9.17, 15) is 20.1 Å². The molecule has 1 saturated heterocycles. The minimum absolute atomic E-state index is 0.0161. The van der Waals surface area contributed by atoms with Gasteiger partial charge >= 0.3 is 0 Å². The molecule has 0 aromatic heterocycles. The van der Waals surface area contributed by atoms with Crippen LogP contribution in [0.15, 0.2) is 0 Å². The number of carbonyl (C=O) groups is 1. The number of aliphatic hydroxyl groups excluding tert-OH is 3. The zero-order valence-corrected chi connectivity index (χ0v) is 42.0. The predicted octanol–water partition coefficient (Wildman–Crippen LogP) is 9.57. The second-order valence-electron chi connectivity index (χ2n) is 22.0. The van der Waals surface area contributed by atoms with Crippen molar-refractivity contribution in [3.05, 3.63) is 0 Å². The molecule has 1 heterocycles. The maximum absolute atomic E-state index is 12.4. The fourth-order valence-corrected chi connectivity index (χ4v) is 10.6. The van der Waals surface area contributed by atoms with E-state index in [4.69, 9.17) is 22.4 Å². The molecule has 0 unspecified atom stereocenters. The molecule has 0 amide bonds. The van der Waals surface area contributed by atoms with Gasteiger partial charge in [0.15, 0.2) is 39.1 Å². The van der Waals surface area contributed by atoms with Crippen LogP contribution < -0.4 is 0 Å². The Morgan fingerprint density at radius 3 is 1.08 bits per heavy atom. The molecule has 316 valence electrons. The lowest BCUT2D eigenvalue weighted by atomic mass is 9.90. The molecule has 0 bridgehead atoms. The van der Waals surface area contributed by atoms with Crippen LogP contribution in [-0.4, -0.2) is 110 Å². The van der Waals surface area contributed by atoms with Crippen LogP contribution in [0.4, 0.5) is 0 Å². The van der Waals surface area contributed by atoms with Crippen LogP contribution in [0, 0.1) is 0 Å². The van der Waals surface area contributed by atoms with Crippen molar-refractivity contribution in [3.8, 4) is 0 Å². The predicted molar refractivity (Wildman–Crippen MR) is 230 cm³/mol. The van der Waals surface area contributed by atoms with Gasteiger partial charge in [-0.05, 0) is 85.4 Å². The summed E-state index contributed by atoms with van der Waals surface area (Å²) >= 11 is 0. The van der Waals surface area contributed by atoms with Crippen LogP contribution in [0.2, 0.25) is 72.5 Å². The number of ketones is 1. The van der Waals surface area contributed by atoms with Gasteiger partial charge in [0.05, 0.1) is 36.6 Å². The third-order valence-corrected chi connectivity index (χ3v) is 31.3. The Kier molecular flexibility index (Phi) is 18.2. The molecule has 3 N–H and O–H groups in total. The lowest BCUT2D eigenvalue weighted by Gasteiger charge is -2.47. The second kappa shape index (κ2) is 18.9. The van der Waals surface area contributed by atoms with Gasteiger partial charge in [-0.2, -0.15) is 0 Å². The van der Waals surface area contributed by atoms with Crippen LogP contribution in [0.3, 0.4) is 0 Å². The molecular weight excluding hydrogens is 737 g/mol. The van der Waals surface area contributed by atoms with E-state index < -0.39 is 57.7 Å². The standard InChI is InChI=1S/C18H40O4Si2.C18H38O4Si2.C4H8O/c2*1-17(2,3)23(7,8)21-15-12-16(14(20)11-13(15)19)22-24(9,10)18(4,5)6;1-2-4-5-3-1/h13-16,19-20H,11-12H2,1-10H3;13,15-16,19H,11-12H2,1-10H3;1-4H2/t13-,14-,15-,16-;13-,15-,16-;/m00./s1. The Morgan fingerprint density at radius 1 is 0.491 bits per heavy atom. The van der Waals surface area contributed by atoms with E-state index in [1.165, 1.54) is 12.8 Å². The number of aliphatic hydroxyl groups is 3. The van der Waals surface area contributed by atoms with E-state index in [0.29, 0.717) is 19.3 Å². The summed E-state index contributed by atoms with van der Waals surface area (Å²) in [4.78, 5) is 12.4. The number of carbonyl (C=O) groups excluding carboxylic acids is 1. The van der Waals surface area contributed by atoms with Gasteiger partial charge in [0.1, 0.15) is 6.10 Å². The van der Waals surface area contributed by atoms with Gasteiger partial charge in [-0.15, -0.1) is 0 Å². The number of ether oxygens (including phenoxy) is 1. The molecule has 2 aliphatic carbocycles. The minimum atomic E-state index is -2.03. The lowest BCUT2D eigenvalue weighted by molar-refractivity contribution is -0.138. The molecule has 2 saturated carbocycles. The van der Waals surface area contributed by atoms with E-state index in [1.807, 2.05) is 0 Å². The van der Waals surface area contributed by atoms with Crippen molar-refractivity contribution in [1.29, 1.82) is 0 Å². The van der Waals surface area contributed by atoms with Crippen molar-refractivity contribution in [2.75, 3.05) is 13.2 Å². The first-order valence-corrected chi connectivity index (χ1v) is 31.9. The average molecular weight is 823 g/mol. The van der Waals surface area contributed by atoms with Gasteiger partial charge in [-0.3, -0.25) is 4.79 Å². The van der Waals surface area contributed by atoms with Crippen LogP contribution in [0.5, 0.6) is 0 Å². The molecule has 9 nitrogen and oxygen atoms in total. The molecule has 3 rings (SSSR count). The maximum atomic E-state index is 12.4. The van der Waals surface area contributed by atoms with Gasteiger partial charge in [0, 0.05) is 38.9 Å². The molecule has 13 heteroatoms. The van der Waals surface area contributed by atoms with Crippen LogP contribution in [0.1, 0.15) is 122 Å². The number of rotatable bonds is 8. The van der Waals surface area contributed by atoms with E-state index in [-0.39, 0.29) is 50.7 Å². The van der Waals surface area contributed by atoms with Crippen molar-refractivity contribution in [2.45, 2.75) is 237 Å². The summed E-state index contributed by atoms with van der Waals surface area (Å²) in [5.74, 6) is 0.0161. The molecule has 0 aromatic carbocycles. The quantitative estimate of drug-likeness (QED) is 0.206. The smallest absolute Gasteiger partial charge is 0.193 e. The Bertz CT molecular complexity index is 1080. The van der Waals surface area contributed by atoms with E-state index in [0.717, 1.165) is 13.2 Å². The molecule has 3 fully saturated rings. The first-order valence-electron chi connectivity index (χ1n) is 20.3. The van der Waals surface area contributed by atoms with Crippen molar-refractivity contribution in [1.82, 2.24) is 0 Å². The highest BCUT2D eigenvalue weighted by atomic mass is 28.4. The molecule has 1 aliphatic heterocycles. The van der Waals surface area contributed by atoms with Crippen LogP contribution in [-0.2, 0) is 27.2 Å². The maximum Gasteiger partial charge on any atom is 0.193 e. The average Bonchev–Trinajstić information content (AvgIpc) is 3.52. The zero-order valence-electron chi connectivity index (χ0n) is 38.0. The van der Waals surface area contributed by atoms with Crippen LogP contribution in [0.25, 0.3) is 0 Å². The number of Topliss-reactive ketones (excluding diaryl/α,β-unsaturated/α-hetero) is 1. The molecule has 53 heavy (non-hydrogen) atoms. The van der Waals surface area contributed by atoms with Gasteiger partial charge in [0.25, 0.3) is 0 Å². The molecular formula is C40H86O9Si4. The Labute approximate surface area is 330 Å². The highest BCUT2D eigenvalue weighted by molar-refractivity contribution is 6.75. The SMILES string of the molecule is C1CCOC1.CC(C)(C)[Si](C)(C)O[C@H]1C[C@H](O[Si](C)(C)C(C)(C)C)[C@@H](O)CC1=O.CC(C)(C)[Si](C)(C)O[C@H]1C[C@H](O[Si](C)(C)C(C)(C)C)[C@@H](O)C[C@@H]1O. The lowest BCUT2D eigenvalue weighted by Crippen LogP contribution is -2.56. The topological polar surface area (TPSA) is 124 Å². The number of hydrogen-bond acceptors (Lipinski definition) is 9. The fourth-order valence-electron chi connectivity index (χ4n) is 5.26. The van der Waals surface area contributed by atoms with Crippen molar-refractivity contribution < 1.29 is 42.6 Å². The van der Waals surface area contributed by atoms with Crippen molar-refractivity contribution in [3.63, 3.8) is 0 Å². The molecule has 0 aromatic rings. The third kappa shape index (κ3) is 15.2. The van der Waals surface area contributed by atoms with Crippen LogP contribution >= 0.6 is 0 Å². The monoisotopic (exact) mass is 823 g/mol. The van der Waals surface area contributed by atoms with Crippen molar-refractivity contribution in [2.24, 2.45) is 0 Å². The second-order valence-corrected chi connectivity index (χ2v) is 41.0. The Morgan fingerprint density at radius 2 is 0.792 bits per heavy atom. The van der Waals surface area contributed by atoms with Gasteiger partial charge in [-0.1, -0.05) is 83.1 Å². The molecule has 3 aliphatic rings. The molecule has 0 spiro atoms. The first-order chi connectivity index (χ1) is 23.5. The van der Waals surface area contributed by atoms with E-state index >= 15 is 0 Å². The number of hydrogen-bond donors (Lipinski definition) is 3. The summed E-state index contributed by atoms with van der Waals surface area (Å²) in [6.07, 6.45) is 0.876. The Balaban J connectivity index is 0.000000466. The summed E-state index contributed by atoms with van der Waals surface area (Å²) in [5.41, 5.74) is 0. The summed E-state index contributed by atoms with van der Waals surface area (Å²) in [6.45, 7) is 45.8. The molecule has 7 atom stereocenters. The summed E-state index contributed by atoms with van der Waals surface area (Å²) in [6, 6.07) is 0. The largest absolute Gasteiger partial charge is 0.411 e. The first kappa shape index (κ1) is 51.2. The summed E-state index contributed by atoms with van der Waals surface area (Å²) in [5, 5.41) is 31.6. The van der Waals surface area contributed by atoms with Gasteiger partial charge in [0.2, 0.25) is 0 Å². The van der Waals surface area contributed by atoms with Crippen molar-refractivity contribution >= 4 is 39.1 Å². The highest BCUT2D eigenvalue weighted by Crippen LogP contribution is 2.43.